The molecule has 1 saturated heterocycles. The van der Waals surface area contributed by atoms with Gasteiger partial charge in [-0.3, -0.25) is 9.97 Å². The predicted octanol–water partition coefficient (Wildman–Crippen LogP) is 4.74. The average Bonchev–Trinajstić information content (AvgIpc) is 3.44. The highest BCUT2D eigenvalue weighted by Crippen LogP contribution is 2.44. The summed E-state index contributed by atoms with van der Waals surface area (Å²) in [6.07, 6.45) is 15.3. The van der Waals surface area contributed by atoms with Crippen LogP contribution in [0.5, 0.6) is 0 Å². The number of fused-ring (bicyclic) bond motifs is 1. The maximum Gasteiger partial charge on any atom is 0.156 e. The second-order valence-corrected chi connectivity index (χ2v) is 9.32. The Hall–Kier alpha value is -3.35. The van der Waals surface area contributed by atoms with E-state index in [9.17, 15) is 0 Å². The third kappa shape index (κ3) is 3.42. The Bertz CT molecular complexity index is 1270. The Kier molecular flexibility index (Phi) is 4.63. The number of anilines is 1. The highest BCUT2D eigenvalue weighted by Gasteiger charge is 2.39. The molecule has 32 heavy (non-hydrogen) atoms. The highest BCUT2D eigenvalue weighted by atomic mass is 15.3. The van der Waals surface area contributed by atoms with Crippen molar-refractivity contribution in [1.29, 1.82) is 0 Å². The van der Waals surface area contributed by atoms with Crippen LogP contribution in [0.1, 0.15) is 44.2 Å². The fourth-order valence-corrected chi connectivity index (χ4v) is 5.38. The van der Waals surface area contributed by atoms with Gasteiger partial charge in [0.05, 0.1) is 29.3 Å². The summed E-state index contributed by atoms with van der Waals surface area (Å²) in [6.45, 7) is 4.16. The van der Waals surface area contributed by atoms with Gasteiger partial charge in [-0.1, -0.05) is 25.3 Å². The van der Waals surface area contributed by atoms with Crippen LogP contribution < -0.4 is 4.90 Å². The van der Waals surface area contributed by atoms with Gasteiger partial charge in [0, 0.05) is 30.9 Å². The van der Waals surface area contributed by atoms with Crippen molar-refractivity contribution in [2.24, 2.45) is 5.41 Å². The van der Waals surface area contributed by atoms with E-state index in [1.165, 1.54) is 38.5 Å². The standard InChI is InChI=1S/C25H27N7/c1-18-13-26-16-21(29-18)20-12-22-19(14-27-20)15-28-32(22)24-7-5-6-23(30-24)31-11-10-25(17-31)8-3-2-4-9-25/h5-7,12-16H,2-4,8-11,17H2,1H3. The molecular weight excluding hydrogens is 398 g/mol. The van der Waals surface area contributed by atoms with E-state index >= 15 is 0 Å². The first-order chi connectivity index (χ1) is 15.7. The van der Waals surface area contributed by atoms with E-state index in [0.717, 1.165) is 52.7 Å². The second-order valence-electron chi connectivity index (χ2n) is 9.32. The molecule has 1 aliphatic carbocycles. The summed E-state index contributed by atoms with van der Waals surface area (Å²) in [5, 5.41) is 5.60. The largest absolute Gasteiger partial charge is 0.356 e. The van der Waals surface area contributed by atoms with Gasteiger partial charge in [0.2, 0.25) is 0 Å². The van der Waals surface area contributed by atoms with Crippen LogP contribution >= 0.6 is 0 Å². The minimum Gasteiger partial charge on any atom is -0.356 e. The number of hydrogen-bond donors (Lipinski definition) is 0. The van der Waals surface area contributed by atoms with E-state index in [0.29, 0.717) is 5.41 Å². The first kappa shape index (κ1) is 19.3. The quantitative estimate of drug-likeness (QED) is 0.472. The van der Waals surface area contributed by atoms with Crippen LogP contribution in [-0.4, -0.2) is 42.8 Å². The Labute approximate surface area is 187 Å². The molecule has 162 valence electrons. The Morgan fingerprint density at radius 2 is 1.75 bits per heavy atom. The van der Waals surface area contributed by atoms with Crippen molar-refractivity contribution in [3.05, 3.63) is 54.7 Å². The van der Waals surface area contributed by atoms with Crippen molar-refractivity contribution in [1.82, 2.24) is 29.7 Å². The summed E-state index contributed by atoms with van der Waals surface area (Å²) in [5.74, 6) is 1.88. The zero-order valence-corrected chi connectivity index (χ0v) is 18.4. The van der Waals surface area contributed by atoms with Gasteiger partial charge in [0.15, 0.2) is 5.82 Å². The lowest BCUT2D eigenvalue weighted by Gasteiger charge is -2.33. The minimum atomic E-state index is 0.504. The molecule has 6 rings (SSSR count). The third-order valence-corrected chi connectivity index (χ3v) is 7.08. The van der Waals surface area contributed by atoms with Gasteiger partial charge in [-0.15, -0.1) is 0 Å². The second kappa shape index (κ2) is 7.65. The van der Waals surface area contributed by atoms with E-state index < -0.39 is 0 Å². The lowest BCUT2D eigenvalue weighted by Crippen LogP contribution is -2.29. The van der Waals surface area contributed by atoms with Gasteiger partial charge < -0.3 is 4.90 Å². The molecule has 1 aliphatic heterocycles. The third-order valence-electron chi connectivity index (χ3n) is 7.08. The maximum atomic E-state index is 5.02. The van der Waals surface area contributed by atoms with Crippen LogP contribution in [0.3, 0.4) is 0 Å². The number of aromatic nitrogens is 6. The molecule has 7 heteroatoms. The Balaban J connectivity index is 1.34. The van der Waals surface area contributed by atoms with Crippen LogP contribution in [0.2, 0.25) is 0 Å². The molecule has 0 unspecified atom stereocenters. The normalized spacial score (nSPS) is 18.0. The van der Waals surface area contributed by atoms with Crippen LogP contribution in [0.25, 0.3) is 28.1 Å². The van der Waals surface area contributed by atoms with Crippen molar-refractivity contribution < 1.29 is 0 Å². The molecule has 0 amide bonds. The van der Waals surface area contributed by atoms with E-state index in [1.54, 1.807) is 12.4 Å². The van der Waals surface area contributed by atoms with Crippen LogP contribution in [0.4, 0.5) is 5.82 Å². The molecule has 2 fully saturated rings. The molecule has 1 saturated carbocycles. The molecule has 5 heterocycles. The predicted molar refractivity (Wildman–Crippen MR) is 125 cm³/mol. The number of pyridine rings is 2. The molecule has 7 nitrogen and oxygen atoms in total. The fraction of sp³-hybridized carbons (Fsp3) is 0.400. The molecule has 0 aromatic carbocycles. The Morgan fingerprint density at radius 1 is 0.875 bits per heavy atom. The summed E-state index contributed by atoms with van der Waals surface area (Å²) >= 11 is 0. The zero-order valence-electron chi connectivity index (χ0n) is 18.4. The lowest BCUT2D eigenvalue weighted by atomic mass is 9.73. The highest BCUT2D eigenvalue weighted by molar-refractivity contribution is 5.82. The Morgan fingerprint density at radius 3 is 2.62 bits per heavy atom. The van der Waals surface area contributed by atoms with Gasteiger partial charge in [-0.25, -0.2) is 14.6 Å². The minimum absolute atomic E-state index is 0.504. The summed E-state index contributed by atoms with van der Waals surface area (Å²) in [4.78, 5) is 20.9. The van der Waals surface area contributed by atoms with E-state index in [4.69, 9.17) is 4.98 Å². The van der Waals surface area contributed by atoms with Gasteiger partial charge in [0.1, 0.15) is 11.5 Å². The van der Waals surface area contributed by atoms with Gasteiger partial charge in [-0.2, -0.15) is 5.10 Å². The number of nitrogens with zero attached hydrogens (tertiary/aromatic N) is 7. The van der Waals surface area contributed by atoms with Crippen LogP contribution in [0.15, 0.2) is 49.1 Å². The average molecular weight is 426 g/mol. The van der Waals surface area contributed by atoms with Crippen LogP contribution in [0, 0.1) is 12.3 Å². The molecule has 0 atom stereocenters. The smallest absolute Gasteiger partial charge is 0.156 e. The summed E-state index contributed by atoms with van der Waals surface area (Å²) in [6, 6.07) is 8.26. The zero-order chi connectivity index (χ0) is 21.5. The van der Waals surface area contributed by atoms with E-state index in [1.807, 2.05) is 36.1 Å². The van der Waals surface area contributed by atoms with Gasteiger partial charge in [0.25, 0.3) is 0 Å². The SMILES string of the molecule is Cc1cncc(-c2cc3c(cn2)cnn3-c2cccc(N3CCC4(CCCCC4)C3)n2)n1. The van der Waals surface area contributed by atoms with E-state index in [-0.39, 0.29) is 0 Å². The monoisotopic (exact) mass is 425 g/mol. The first-order valence-corrected chi connectivity index (χ1v) is 11.5. The van der Waals surface area contributed by atoms with Crippen molar-refractivity contribution in [2.75, 3.05) is 18.0 Å². The molecular formula is C25H27N7. The fourth-order valence-electron chi connectivity index (χ4n) is 5.38. The molecule has 0 N–H and O–H groups in total. The molecule has 0 radical (unpaired) electrons. The summed E-state index contributed by atoms with van der Waals surface area (Å²) in [7, 11) is 0. The summed E-state index contributed by atoms with van der Waals surface area (Å²) < 4.78 is 1.90. The topological polar surface area (TPSA) is 72.6 Å². The number of aryl methyl sites for hydroxylation is 1. The van der Waals surface area contributed by atoms with Crippen LogP contribution in [-0.2, 0) is 0 Å². The van der Waals surface area contributed by atoms with Crippen molar-refractivity contribution in [3.8, 4) is 17.2 Å². The molecule has 4 aromatic heterocycles. The van der Waals surface area contributed by atoms with E-state index in [2.05, 4.69) is 37.1 Å². The van der Waals surface area contributed by atoms with Crippen molar-refractivity contribution >= 4 is 16.7 Å². The lowest BCUT2D eigenvalue weighted by molar-refractivity contribution is 0.219. The van der Waals surface area contributed by atoms with Crippen molar-refractivity contribution in [3.63, 3.8) is 0 Å². The van der Waals surface area contributed by atoms with Gasteiger partial charge >= 0.3 is 0 Å². The maximum absolute atomic E-state index is 5.02. The molecule has 1 spiro atoms. The number of rotatable bonds is 3. The number of hydrogen-bond acceptors (Lipinski definition) is 6. The van der Waals surface area contributed by atoms with Crippen molar-refractivity contribution in [2.45, 2.75) is 45.4 Å². The summed E-state index contributed by atoms with van der Waals surface area (Å²) in [5.41, 5.74) is 3.88. The molecule has 2 aliphatic rings. The molecule has 4 aromatic rings. The first-order valence-electron chi connectivity index (χ1n) is 11.5. The molecule has 0 bridgehead atoms. The van der Waals surface area contributed by atoms with Gasteiger partial charge in [-0.05, 0) is 49.8 Å².